The Balaban J connectivity index is 1.63. The first kappa shape index (κ1) is 13.2. The number of nitrogens with one attached hydrogen (secondary N) is 2. The Kier molecular flexibility index (Phi) is 3.74. The fourth-order valence-electron chi connectivity index (χ4n) is 2.67. The molecule has 3 rings (SSSR count). The molecule has 1 amide bonds. The highest BCUT2D eigenvalue weighted by Gasteiger charge is 2.28. The Morgan fingerprint density at radius 3 is 3.10 bits per heavy atom. The fraction of sp³-hybridized carbons (Fsp3) is 0.312. The number of rotatable bonds is 4. The van der Waals surface area contributed by atoms with Gasteiger partial charge in [-0.3, -0.25) is 4.79 Å². The van der Waals surface area contributed by atoms with Crippen LogP contribution in [-0.2, 0) is 11.2 Å². The number of anilines is 1. The molecule has 0 fully saturated rings. The van der Waals surface area contributed by atoms with E-state index < -0.39 is 0 Å². The van der Waals surface area contributed by atoms with Gasteiger partial charge >= 0.3 is 0 Å². The van der Waals surface area contributed by atoms with Crippen molar-refractivity contribution >= 4 is 22.9 Å². The molecule has 4 heteroatoms. The summed E-state index contributed by atoms with van der Waals surface area (Å²) < 4.78 is 0. The van der Waals surface area contributed by atoms with Gasteiger partial charge in [-0.2, -0.15) is 11.3 Å². The lowest BCUT2D eigenvalue weighted by atomic mass is 10.00. The summed E-state index contributed by atoms with van der Waals surface area (Å²) in [6, 6.07) is 10.3. The first-order chi connectivity index (χ1) is 9.74. The lowest BCUT2D eigenvalue weighted by molar-refractivity contribution is -0.122. The van der Waals surface area contributed by atoms with Gasteiger partial charge in [-0.25, -0.2) is 0 Å². The van der Waals surface area contributed by atoms with Crippen molar-refractivity contribution in [3.8, 4) is 0 Å². The maximum atomic E-state index is 12.4. The van der Waals surface area contributed by atoms with Crippen molar-refractivity contribution in [1.82, 2.24) is 5.32 Å². The molecule has 0 aliphatic carbocycles. The lowest BCUT2D eigenvalue weighted by Gasteiger charge is -2.16. The molecule has 0 radical (unpaired) electrons. The first-order valence-corrected chi connectivity index (χ1v) is 7.82. The van der Waals surface area contributed by atoms with E-state index in [0.29, 0.717) is 6.54 Å². The van der Waals surface area contributed by atoms with Gasteiger partial charge in [-0.1, -0.05) is 18.2 Å². The average Bonchev–Trinajstić information content (AvgIpc) is 3.07. The topological polar surface area (TPSA) is 41.1 Å². The molecule has 2 atom stereocenters. The second kappa shape index (κ2) is 5.67. The summed E-state index contributed by atoms with van der Waals surface area (Å²) in [6.07, 6.45) is 0.886. The molecular weight excluding hydrogens is 268 g/mol. The number of benzene rings is 1. The van der Waals surface area contributed by atoms with E-state index in [9.17, 15) is 4.79 Å². The predicted octanol–water partition coefficient (Wildman–Crippen LogP) is 3.00. The largest absolute Gasteiger partial charge is 0.384 e. The molecule has 3 nitrogen and oxygen atoms in total. The Morgan fingerprint density at radius 2 is 2.30 bits per heavy atom. The van der Waals surface area contributed by atoms with E-state index in [1.807, 2.05) is 24.3 Å². The monoisotopic (exact) mass is 286 g/mol. The molecule has 1 aromatic heterocycles. The van der Waals surface area contributed by atoms with Crippen molar-refractivity contribution in [2.75, 3.05) is 11.9 Å². The summed E-state index contributed by atoms with van der Waals surface area (Å²) in [5.74, 6) is 0.0429. The number of carbonyl (C=O) groups is 1. The molecule has 20 heavy (non-hydrogen) atoms. The Labute approximate surface area is 123 Å². The molecule has 0 saturated heterocycles. The van der Waals surface area contributed by atoms with E-state index in [0.717, 1.165) is 17.7 Å². The van der Waals surface area contributed by atoms with E-state index >= 15 is 0 Å². The molecule has 2 aromatic rings. The number of para-hydroxylation sites is 1. The quantitative estimate of drug-likeness (QED) is 0.907. The van der Waals surface area contributed by atoms with Crippen LogP contribution in [0.1, 0.15) is 24.0 Å². The number of fused-ring (bicyclic) bond motifs is 1. The van der Waals surface area contributed by atoms with Gasteiger partial charge in [0, 0.05) is 18.3 Å². The van der Waals surface area contributed by atoms with Gasteiger partial charge in [0.2, 0.25) is 5.91 Å². The van der Waals surface area contributed by atoms with Crippen LogP contribution in [-0.4, -0.2) is 18.5 Å². The second-order valence-corrected chi connectivity index (χ2v) is 6.05. The van der Waals surface area contributed by atoms with Crippen molar-refractivity contribution in [1.29, 1.82) is 0 Å². The van der Waals surface area contributed by atoms with E-state index in [1.165, 1.54) is 5.56 Å². The van der Waals surface area contributed by atoms with Crippen molar-refractivity contribution in [2.45, 2.75) is 25.3 Å². The number of amides is 1. The van der Waals surface area contributed by atoms with E-state index in [2.05, 4.69) is 34.4 Å². The zero-order valence-electron chi connectivity index (χ0n) is 11.4. The van der Waals surface area contributed by atoms with Crippen LogP contribution in [0.25, 0.3) is 0 Å². The normalized spacial score (nSPS) is 18.1. The first-order valence-electron chi connectivity index (χ1n) is 6.88. The highest BCUT2D eigenvalue weighted by Crippen LogP contribution is 2.31. The van der Waals surface area contributed by atoms with Crippen LogP contribution in [0, 0.1) is 0 Å². The summed E-state index contributed by atoms with van der Waals surface area (Å²) >= 11 is 1.69. The van der Waals surface area contributed by atoms with Gasteiger partial charge in [0.05, 0.1) is 5.92 Å². The molecule has 0 spiro atoms. The average molecular weight is 286 g/mol. The third-order valence-electron chi connectivity index (χ3n) is 3.66. The third-order valence-corrected chi connectivity index (χ3v) is 4.39. The van der Waals surface area contributed by atoms with Gasteiger partial charge in [0.1, 0.15) is 0 Å². The van der Waals surface area contributed by atoms with Crippen LogP contribution < -0.4 is 10.6 Å². The van der Waals surface area contributed by atoms with Crippen LogP contribution in [0.4, 0.5) is 5.69 Å². The van der Waals surface area contributed by atoms with E-state index in [1.54, 1.807) is 11.3 Å². The summed E-state index contributed by atoms with van der Waals surface area (Å²) in [5, 5.41) is 10.6. The van der Waals surface area contributed by atoms with Crippen LogP contribution in [0.2, 0.25) is 0 Å². The predicted molar refractivity (Wildman–Crippen MR) is 83.3 cm³/mol. The zero-order valence-corrected chi connectivity index (χ0v) is 12.2. The van der Waals surface area contributed by atoms with Gasteiger partial charge in [0.15, 0.2) is 0 Å². The van der Waals surface area contributed by atoms with Crippen LogP contribution in [0.5, 0.6) is 0 Å². The molecule has 1 aliphatic rings. The molecular formula is C16H18N2OS. The Morgan fingerprint density at radius 1 is 1.45 bits per heavy atom. The maximum absolute atomic E-state index is 12.4. The number of hydrogen-bond donors (Lipinski definition) is 2. The van der Waals surface area contributed by atoms with Crippen LogP contribution in [0.3, 0.4) is 0 Å². The van der Waals surface area contributed by atoms with E-state index in [4.69, 9.17) is 0 Å². The van der Waals surface area contributed by atoms with Crippen LogP contribution >= 0.6 is 11.3 Å². The molecule has 2 unspecified atom stereocenters. The third kappa shape index (κ3) is 2.70. The van der Waals surface area contributed by atoms with Crippen molar-refractivity contribution in [3.05, 3.63) is 52.2 Å². The molecule has 0 saturated carbocycles. The highest BCUT2D eigenvalue weighted by molar-refractivity contribution is 7.07. The minimum absolute atomic E-state index is 0.0730. The van der Waals surface area contributed by atoms with Crippen LogP contribution in [0.15, 0.2) is 41.1 Å². The lowest BCUT2D eigenvalue weighted by Crippen LogP contribution is -2.38. The maximum Gasteiger partial charge on any atom is 0.229 e. The SMILES string of the molecule is CC(Cc1ccsc1)NC(=O)C1CNc2ccccc21. The molecule has 2 N–H and O–H groups in total. The van der Waals surface area contributed by atoms with Crippen molar-refractivity contribution < 1.29 is 4.79 Å². The molecule has 1 aromatic carbocycles. The summed E-state index contributed by atoms with van der Waals surface area (Å²) in [4.78, 5) is 12.4. The number of hydrogen-bond acceptors (Lipinski definition) is 3. The molecule has 1 aliphatic heterocycles. The number of carbonyl (C=O) groups excluding carboxylic acids is 1. The minimum Gasteiger partial charge on any atom is -0.384 e. The van der Waals surface area contributed by atoms with Gasteiger partial charge < -0.3 is 10.6 Å². The Bertz CT molecular complexity index is 594. The molecule has 2 heterocycles. The summed E-state index contributed by atoms with van der Waals surface area (Å²) in [6.45, 7) is 2.75. The molecule has 104 valence electrons. The Hall–Kier alpha value is -1.81. The second-order valence-electron chi connectivity index (χ2n) is 5.27. The summed E-state index contributed by atoms with van der Waals surface area (Å²) in [7, 11) is 0. The summed E-state index contributed by atoms with van der Waals surface area (Å²) in [5.41, 5.74) is 3.47. The van der Waals surface area contributed by atoms with Gasteiger partial charge in [-0.15, -0.1) is 0 Å². The molecule has 0 bridgehead atoms. The van der Waals surface area contributed by atoms with Gasteiger partial charge in [-0.05, 0) is 47.4 Å². The van der Waals surface area contributed by atoms with Crippen molar-refractivity contribution in [3.63, 3.8) is 0 Å². The van der Waals surface area contributed by atoms with E-state index in [-0.39, 0.29) is 17.9 Å². The zero-order chi connectivity index (χ0) is 13.9. The standard InChI is InChI=1S/C16H18N2OS/c1-11(8-12-6-7-20-10-12)18-16(19)14-9-17-15-5-3-2-4-13(14)15/h2-7,10-11,14,17H,8-9H2,1H3,(H,18,19). The van der Waals surface area contributed by atoms with Gasteiger partial charge in [0.25, 0.3) is 0 Å². The van der Waals surface area contributed by atoms with Crippen molar-refractivity contribution in [2.24, 2.45) is 0 Å². The smallest absolute Gasteiger partial charge is 0.229 e. The fourth-order valence-corrected chi connectivity index (χ4v) is 3.36. The number of thiophene rings is 1. The minimum atomic E-state index is -0.0730. The highest BCUT2D eigenvalue weighted by atomic mass is 32.1.